The van der Waals surface area contributed by atoms with E-state index in [1.807, 2.05) is 6.92 Å². The Morgan fingerprint density at radius 2 is 1.72 bits per heavy atom. The molecular formula is C22H37NO2. The number of rotatable bonds is 8. The van der Waals surface area contributed by atoms with Gasteiger partial charge in [0.05, 0.1) is 11.5 Å². The first kappa shape index (κ1) is 20.3. The molecule has 0 aromatic heterocycles. The van der Waals surface area contributed by atoms with Gasteiger partial charge in [-0.05, 0) is 62.2 Å². The first-order chi connectivity index (χ1) is 12.0. The molecule has 0 amide bonds. The maximum Gasteiger partial charge on any atom is 0.303 e. The summed E-state index contributed by atoms with van der Waals surface area (Å²) in [6.07, 6.45) is 15.3. The van der Waals surface area contributed by atoms with Crippen molar-refractivity contribution < 1.29 is 9.90 Å². The Balaban J connectivity index is 1.78. The van der Waals surface area contributed by atoms with Gasteiger partial charge in [0.2, 0.25) is 0 Å². The molecule has 3 heteroatoms. The molecule has 0 saturated heterocycles. The number of hydrogen-bond acceptors (Lipinski definition) is 2. The summed E-state index contributed by atoms with van der Waals surface area (Å²) in [5.74, 6) is 1.78. The van der Waals surface area contributed by atoms with Gasteiger partial charge in [0.25, 0.3) is 0 Å². The van der Waals surface area contributed by atoms with Crippen molar-refractivity contribution in [3.63, 3.8) is 0 Å². The molecule has 25 heavy (non-hydrogen) atoms. The summed E-state index contributed by atoms with van der Waals surface area (Å²) < 4.78 is 0. The lowest BCUT2D eigenvalue weighted by atomic mass is 9.60. The van der Waals surface area contributed by atoms with Crippen molar-refractivity contribution in [1.82, 2.24) is 0 Å². The Kier molecular flexibility index (Phi) is 7.79. The third-order valence-corrected chi connectivity index (χ3v) is 7.34. The lowest BCUT2D eigenvalue weighted by Crippen LogP contribution is -2.36. The van der Waals surface area contributed by atoms with Gasteiger partial charge in [-0.25, -0.2) is 0 Å². The van der Waals surface area contributed by atoms with Crippen LogP contribution in [0.25, 0.3) is 0 Å². The number of nitriles is 1. The van der Waals surface area contributed by atoms with Gasteiger partial charge in [-0.15, -0.1) is 0 Å². The Morgan fingerprint density at radius 1 is 1.12 bits per heavy atom. The summed E-state index contributed by atoms with van der Waals surface area (Å²) in [6, 6.07) is 2.52. The molecule has 1 N–H and O–H groups in total. The molecule has 2 aliphatic rings. The molecule has 2 saturated carbocycles. The highest BCUT2D eigenvalue weighted by atomic mass is 16.4. The normalized spacial score (nSPS) is 34.2. The van der Waals surface area contributed by atoms with E-state index in [0.29, 0.717) is 0 Å². The van der Waals surface area contributed by atoms with Gasteiger partial charge >= 0.3 is 5.97 Å². The fourth-order valence-corrected chi connectivity index (χ4v) is 5.43. The third-order valence-electron chi connectivity index (χ3n) is 7.34. The second-order valence-corrected chi connectivity index (χ2v) is 8.88. The van der Waals surface area contributed by atoms with Crippen LogP contribution >= 0.6 is 0 Å². The molecule has 0 spiro atoms. The quantitative estimate of drug-likeness (QED) is 0.533. The van der Waals surface area contributed by atoms with Crippen molar-refractivity contribution >= 4 is 5.97 Å². The molecule has 0 bridgehead atoms. The molecule has 2 aliphatic carbocycles. The predicted molar refractivity (Wildman–Crippen MR) is 101 cm³/mol. The highest BCUT2D eigenvalue weighted by Crippen LogP contribution is 2.49. The highest BCUT2D eigenvalue weighted by Gasteiger charge is 2.42. The zero-order chi connectivity index (χ0) is 18.3. The minimum atomic E-state index is -0.773. The molecule has 0 unspecified atom stereocenters. The number of carboxylic acids is 1. The first-order valence-corrected chi connectivity index (χ1v) is 10.6. The molecule has 0 aromatic carbocycles. The molecule has 142 valence electrons. The number of unbranched alkanes of at least 4 members (excludes halogenated alkanes) is 2. The van der Waals surface area contributed by atoms with Crippen LogP contribution in [0.1, 0.15) is 97.3 Å². The van der Waals surface area contributed by atoms with Crippen molar-refractivity contribution in [3.05, 3.63) is 0 Å². The zero-order valence-electron chi connectivity index (χ0n) is 16.3. The third kappa shape index (κ3) is 5.47. The second kappa shape index (κ2) is 9.60. The first-order valence-electron chi connectivity index (χ1n) is 10.6. The summed E-state index contributed by atoms with van der Waals surface area (Å²) in [4.78, 5) is 11.0. The van der Waals surface area contributed by atoms with Crippen LogP contribution in [0.2, 0.25) is 0 Å². The largest absolute Gasteiger partial charge is 0.481 e. The van der Waals surface area contributed by atoms with Crippen molar-refractivity contribution in [1.29, 1.82) is 5.26 Å². The van der Waals surface area contributed by atoms with Crippen LogP contribution in [-0.2, 0) is 4.79 Å². The molecular weight excluding hydrogens is 310 g/mol. The standard InChI is InChI=1S/C22H37NO2/c1-3-4-5-6-18-7-9-19(10-8-18)20-11-13-22(16-23,14-12-20)17(2)15-21(24)25/h17-20H,3-15H2,1-2H3,(H,24,25)/t17-,18?,19?,20?,22?/m1/s1. The number of carbonyl (C=O) groups is 1. The van der Waals surface area contributed by atoms with E-state index in [0.717, 1.165) is 43.4 Å². The molecule has 0 radical (unpaired) electrons. The van der Waals surface area contributed by atoms with Gasteiger partial charge in [-0.3, -0.25) is 4.79 Å². The SMILES string of the molecule is CCCCCC1CCC(C2CCC(C#N)([C@H](C)CC(=O)O)CC2)CC1. The smallest absolute Gasteiger partial charge is 0.303 e. The maximum absolute atomic E-state index is 11.0. The Bertz CT molecular complexity index is 451. The van der Waals surface area contributed by atoms with Crippen LogP contribution in [0.15, 0.2) is 0 Å². The molecule has 3 nitrogen and oxygen atoms in total. The van der Waals surface area contributed by atoms with E-state index in [2.05, 4.69) is 13.0 Å². The average Bonchev–Trinajstić information content (AvgIpc) is 2.62. The van der Waals surface area contributed by atoms with E-state index in [1.54, 1.807) is 0 Å². The van der Waals surface area contributed by atoms with Crippen LogP contribution in [0.4, 0.5) is 0 Å². The Morgan fingerprint density at radius 3 is 2.24 bits per heavy atom. The fraction of sp³-hybridized carbons (Fsp3) is 0.909. The number of carboxylic acid groups (broad SMARTS) is 1. The van der Waals surface area contributed by atoms with Crippen molar-refractivity contribution in [2.75, 3.05) is 0 Å². The van der Waals surface area contributed by atoms with E-state index in [9.17, 15) is 10.1 Å². The monoisotopic (exact) mass is 347 g/mol. The van der Waals surface area contributed by atoms with Crippen LogP contribution in [0.3, 0.4) is 0 Å². The topological polar surface area (TPSA) is 61.1 Å². The maximum atomic E-state index is 11.0. The molecule has 0 aliphatic heterocycles. The van der Waals surface area contributed by atoms with Crippen molar-refractivity contribution in [2.24, 2.45) is 29.1 Å². The van der Waals surface area contributed by atoms with E-state index in [1.165, 1.54) is 51.4 Å². The summed E-state index contributed by atoms with van der Waals surface area (Å²) in [5, 5.41) is 18.8. The van der Waals surface area contributed by atoms with Gasteiger partial charge in [0.15, 0.2) is 0 Å². The van der Waals surface area contributed by atoms with Gasteiger partial charge in [-0.2, -0.15) is 5.26 Å². The minimum absolute atomic E-state index is 0.0368. The van der Waals surface area contributed by atoms with E-state index >= 15 is 0 Å². The van der Waals surface area contributed by atoms with Gasteiger partial charge in [0, 0.05) is 6.42 Å². The molecule has 0 heterocycles. The molecule has 0 aromatic rings. The molecule has 2 rings (SSSR count). The van der Waals surface area contributed by atoms with Crippen LogP contribution in [0, 0.1) is 40.4 Å². The van der Waals surface area contributed by atoms with Crippen LogP contribution in [0.5, 0.6) is 0 Å². The number of nitrogens with zero attached hydrogens (tertiary/aromatic N) is 1. The summed E-state index contributed by atoms with van der Waals surface area (Å²) in [6.45, 7) is 4.23. The highest BCUT2D eigenvalue weighted by molar-refractivity contribution is 5.67. The number of aliphatic carboxylic acids is 1. The zero-order valence-corrected chi connectivity index (χ0v) is 16.3. The summed E-state index contributed by atoms with van der Waals surface area (Å²) in [7, 11) is 0. The van der Waals surface area contributed by atoms with E-state index in [4.69, 9.17) is 5.11 Å². The summed E-state index contributed by atoms with van der Waals surface area (Å²) in [5.41, 5.74) is -0.397. The van der Waals surface area contributed by atoms with E-state index in [-0.39, 0.29) is 12.3 Å². The predicted octanol–water partition coefficient (Wildman–Crippen LogP) is 6.18. The van der Waals surface area contributed by atoms with Crippen LogP contribution < -0.4 is 0 Å². The number of hydrogen-bond donors (Lipinski definition) is 1. The van der Waals surface area contributed by atoms with Crippen molar-refractivity contribution in [3.8, 4) is 6.07 Å². The summed E-state index contributed by atoms with van der Waals surface area (Å²) >= 11 is 0. The Hall–Kier alpha value is -1.04. The lowest BCUT2D eigenvalue weighted by molar-refractivity contribution is -0.139. The lowest BCUT2D eigenvalue weighted by Gasteiger charge is -2.43. The van der Waals surface area contributed by atoms with E-state index < -0.39 is 11.4 Å². The van der Waals surface area contributed by atoms with Gasteiger partial charge < -0.3 is 5.11 Å². The molecule has 2 fully saturated rings. The Labute approximate surface area is 154 Å². The fourth-order valence-electron chi connectivity index (χ4n) is 5.43. The van der Waals surface area contributed by atoms with Gasteiger partial charge in [0.1, 0.15) is 0 Å². The van der Waals surface area contributed by atoms with Crippen molar-refractivity contribution in [2.45, 2.75) is 97.3 Å². The minimum Gasteiger partial charge on any atom is -0.481 e. The van der Waals surface area contributed by atoms with Gasteiger partial charge in [-0.1, -0.05) is 52.4 Å². The van der Waals surface area contributed by atoms with Crippen LogP contribution in [-0.4, -0.2) is 11.1 Å². The molecule has 1 atom stereocenters. The second-order valence-electron chi connectivity index (χ2n) is 8.88. The average molecular weight is 348 g/mol.